The first-order valence-corrected chi connectivity index (χ1v) is 5.75. The average molecular weight is 215 g/mol. The molecule has 1 fully saturated rings. The van der Waals surface area contributed by atoms with Crippen molar-refractivity contribution < 1.29 is 14.3 Å². The van der Waals surface area contributed by atoms with E-state index in [9.17, 15) is 4.79 Å². The van der Waals surface area contributed by atoms with Crippen LogP contribution >= 0.6 is 0 Å². The number of carbonyl (C=O) groups is 1. The molecule has 1 saturated heterocycles. The second kappa shape index (κ2) is 6.80. The third-order valence-corrected chi connectivity index (χ3v) is 2.54. The van der Waals surface area contributed by atoms with Crippen molar-refractivity contribution in [1.82, 2.24) is 5.32 Å². The van der Waals surface area contributed by atoms with Gasteiger partial charge in [0, 0.05) is 6.54 Å². The van der Waals surface area contributed by atoms with Crippen molar-refractivity contribution in [1.29, 1.82) is 0 Å². The Bertz CT molecular complexity index is 190. The lowest BCUT2D eigenvalue weighted by Crippen LogP contribution is -2.44. The highest BCUT2D eigenvalue weighted by atomic mass is 16.6. The first kappa shape index (κ1) is 12.5. The molecule has 2 atom stereocenters. The Kier molecular flexibility index (Phi) is 5.65. The molecular weight excluding hydrogens is 194 g/mol. The van der Waals surface area contributed by atoms with Gasteiger partial charge in [0.15, 0.2) is 6.23 Å². The molecule has 0 aromatic rings. The summed E-state index contributed by atoms with van der Waals surface area (Å²) in [5, 5.41) is 3.09. The number of hydrogen-bond acceptors (Lipinski definition) is 4. The van der Waals surface area contributed by atoms with Crippen LogP contribution < -0.4 is 5.32 Å². The van der Waals surface area contributed by atoms with Gasteiger partial charge in [-0.05, 0) is 6.42 Å². The van der Waals surface area contributed by atoms with E-state index in [2.05, 4.69) is 12.2 Å². The SMILES string of the molecule is CCCCC(C)C(=O)OC1COCCN1. The Labute approximate surface area is 91.3 Å². The summed E-state index contributed by atoms with van der Waals surface area (Å²) in [7, 11) is 0. The van der Waals surface area contributed by atoms with Crippen molar-refractivity contribution in [2.75, 3.05) is 19.8 Å². The van der Waals surface area contributed by atoms with Crippen LogP contribution in [0.25, 0.3) is 0 Å². The molecule has 1 aliphatic rings. The van der Waals surface area contributed by atoms with Crippen molar-refractivity contribution in [3.63, 3.8) is 0 Å². The van der Waals surface area contributed by atoms with Gasteiger partial charge in [0.1, 0.15) is 0 Å². The summed E-state index contributed by atoms with van der Waals surface area (Å²) in [5.41, 5.74) is 0. The van der Waals surface area contributed by atoms with E-state index in [4.69, 9.17) is 9.47 Å². The van der Waals surface area contributed by atoms with Gasteiger partial charge in [-0.3, -0.25) is 10.1 Å². The lowest BCUT2D eigenvalue weighted by molar-refractivity contribution is -0.161. The van der Waals surface area contributed by atoms with Crippen molar-refractivity contribution in [3.8, 4) is 0 Å². The third-order valence-electron chi connectivity index (χ3n) is 2.54. The normalized spacial score (nSPS) is 23.5. The standard InChI is InChI=1S/C11H21NO3/c1-3-4-5-9(2)11(13)15-10-8-14-7-6-12-10/h9-10,12H,3-8H2,1-2H3. The molecule has 15 heavy (non-hydrogen) atoms. The van der Waals surface area contributed by atoms with Gasteiger partial charge >= 0.3 is 5.97 Å². The van der Waals surface area contributed by atoms with Crippen LogP contribution in [0.2, 0.25) is 0 Å². The molecule has 1 rings (SSSR count). The molecule has 0 aromatic carbocycles. The van der Waals surface area contributed by atoms with Crippen LogP contribution in [0.1, 0.15) is 33.1 Å². The van der Waals surface area contributed by atoms with Gasteiger partial charge in [0.05, 0.1) is 19.1 Å². The van der Waals surface area contributed by atoms with Crippen LogP contribution in [0.5, 0.6) is 0 Å². The van der Waals surface area contributed by atoms with Gasteiger partial charge in [0.2, 0.25) is 0 Å². The van der Waals surface area contributed by atoms with Crippen LogP contribution in [0.3, 0.4) is 0 Å². The molecule has 0 bridgehead atoms. The lowest BCUT2D eigenvalue weighted by atomic mass is 10.1. The first-order valence-electron chi connectivity index (χ1n) is 5.75. The molecule has 2 unspecified atom stereocenters. The summed E-state index contributed by atoms with van der Waals surface area (Å²) in [6.07, 6.45) is 2.84. The largest absolute Gasteiger partial charge is 0.444 e. The predicted octanol–water partition coefficient (Wildman–Crippen LogP) is 1.30. The van der Waals surface area contributed by atoms with Gasteiger partial charge in [-0.25, -0.2) is 0 Å². The zero-order valence-corrected chi connectivity index (χ0v) is 9.62. The second-order valence-corrected chi connectivity index (χ2v) is 4.00. The second-order valence-electron chi connectivity index (χ2n) is 4.00. The maximum Gasteiger partial charge on any atom is 0.310 e. The van der Waals surface area contributed by atoms with E-state index in [1.165, 1.54) is 0 Å². The van der Waals surface area contributed by atoms with Crippen molar-refractivity contribution >= 4 is 5.97 Å². The highest BCUT2D eigenvalue weighted by molar-refractivity contribution is 5.72. The molecule has 88 valence electrons. The number of ether oxygens (including phenoxy) is 2. The fourth-order valence-electron chi connectivity index (χ4n) is 1.50. The molecule has 1 N–H and O–H groups in total. The quantitative estimate of drug-likeness (QED) is 0.702. The maximum absolute atomic E-state index is 11.6. The zero-order valence-electron chi connectivity index (χ0n) is 9.62. The molecule has 0 saturated carbocycles. The van der Waals surface area contributed by atoms with Crippen LogP contribution in [0.4, 0.5) is 0 Å². The Hall–Kier alpha value is -0.610. The smallest absolute Gasteiger partial charge is 0.310 e. The van der Waals surface area contributed by atoms with Crippen molar-refractivity contribution in [2.45, 2.75) is 39.3 Å². The van der Waals surface area contributed by atoms with E-state index < -0.39 is 0 Å². The fraction of sp³-hybridized carbons (Fsp3) is 0.909. The summed E-state index contributed by atoms with van der Waals surface area (Å²) >= 11 is 0. The Balaban J connectivity index is 2.20. The Morgan fingerprint density at radius 1 is 1.67 bits per heavy atom. The summed E-state index contributed by atoms with van der Waals surface area (Å²) in [6.45, 7) is 5.95. The summed E-state index contributed by atoms with van der Waals surface area (Å²) in [5.74, 6) is -0.125. The molecule has 0 amide bonds. The maximum atomic E-state index is 11.6. The zero-order chi connectivity index (χ0) is 11.1. The number of nitrogens with one attached hydrogen (secondary N) is 1. The van der Waals surface area contributed by atoms with E-state index in [1.54, 1.807) is 0 Å². The predicted molar refractivity (Wildman–Crippen MR) is 57.4 cm³/mol. The number of rotatable bonds is 5. The summed E-state index contributed by atoms with van der Waals surface area (Å²) in [6, 6.07) is 0. The molecular formula is C11H21NO3. The van der Waals surface area contributed by atoms with Crippen LogP contribution in [-0.4, -0.2) is 32.0 Å². The van der Waals surface area contributed by atoms with E-state index in [0.717, 1.165) is 25.8 Å². The summed E-state index contributed by atoms with van der Waals surface area (Å²) in [4.78, 5) is 11.6. The van der Waals surface area contributed by atoms with Gasteiger partial charge in [-0.1, -0.05) is 26.7 Å². The van der Waals surface area contributed by atoms with Gasteiger partial charge in [-0.2, -0.15) is 0 Å². The van der Waals surface area contributed by atoms with Gasteiger partial charge in [-0.15, -0.1) is 0 Å². The van der Waals surface area contributed by atoms with Gasteiger partial charge < -0.3 is 9.47 Å². The van der Waals surface area contributed by atoms with Gasteiger partial charge in [0.25, 0.3) is 0 Å². The van der Waals surface area contributed by atoms with Crippen LogP contribution in [-0.2, 0) is 14.3 Å². The van der Waals surface area contributed by atoms with Crippen molar-refractivity contribution in [2.24, 2.45) is 5.92 Å². The molecule has 4 heteroatoms. The minimum Gasteiger partial charge on any atom is -0.444 e. The molecule has 1 heterocycles. The van der Waals surface area contributed by atoms with Crippen LogP contribution in [0.15, 0.2) is 0 Å². The number of hydrogen-bond donors (Lipinski definition) is 1. The van der Waals surface area contributed by atoms with E-state index >= 15 is 0 Å². The molecule has 4 nitrogen and oxygen atoms in total. The Morgan fingerprint density at radius 3 is 3.07 bits per heavy atom. The number of esters is 1. The number of morpholine rings is 1. The number of carbonyl (C=O) groups excluding carboxylic acids is 1. The third kappa shape index (κ3) is 4.62. The highest BCUT2D eigenvalue weighted by Gasteiger charge is 2.21. The summed E-state index contributed by atoms with van der Waals surface area (Å²) < 4.78 is 10.5. The fourth-order valence-corrected chi connectivity index (χ4v) is 1.50. The molecule has 0 spiro atoms. The monoisotopic (exact) mass is 215 g/mol. The highest BCUT2D eigenvalue weighted by Crippen LogP contribution is 2.10. The topological polar surface area (TPSA) is 47.6 Å². The van der Waals surface area contributed by atoms with E-state index in [-0.39, 0.29) is 18.1 Å². The van der Waals surface area contributed by atoms with Crippen LogP contribution in [0, 0.1) is 5.92 Å². The average Bonchev–Trinajstić information content (AvgIpc) is 2.27. The molecule has 0 aromatic heterocycles. The van der Waals surface area contributed by atoms with E-state index in [1.807, 2.05) is 6.92 Å². The molecule has 1 aliphatic heterocycles. The minimum atomic E-state index is -0.254. The minimum absolute atomic E-state index is 0.00586. The Morgan fingerprint density at radius 2 is 2.47 bits per heavy atom. The van der Waals surface area contributed by atoms with Crippen molar-refractivity contribution in [3.05, 3.63) is 0 Å². The first-order chi connectivity index (χ1) is 7.24. The van der Waals surface area contributed by atoms with E-state index in [0.29, 0.717) is 13.2 Å². The lowest BCUT2D eigenvalue weighted by Gasteiger charge is -2.24. The number of unbranched alkanes of at least 4 members (excludes halogenated alkanes) is 1. The molecule has 0 aliphatic carbocycles. The molecule has 0 radical (unpaired) electrons.